The van der Waals surface area contributed by atoms with Crippen LogP contribution in [0.3, 0.4) is 0 Å². The number of hydrogen-bond acceptors (Lipinski definition) is 7. The molecule has 0 saturated carbocycles. The third-order valence-electron chi connectivity index (χ3n) is 2.78. The Balaban J connectivity index is 1.97. The summed E-state index contributed by atoms with van der Waals surface area (Å²) in [5.41, 5.74) is 8.53. The topological polar surface area (TPSA) is 92.9 Å². The molecular weight excluding hydrogens is 306 g/mol. The summed E-state index contributed by atoms with van der Waals surface area (Å²) in [6, 6.07) is 0. The first-order valence-corrected chi connectivity index (χ1v) is 8.34. The molecule has 0 bridgehead atoms. The number of carbonyl (C=O) groups excluding carboxylic acids is 1. The lowest BCUT2D eigenvalue weighted by Crippen LogP contribution is -2.22. The van der Waals surface area contributed by atoms with Crippen LogP contribution in [0.2, 0.25) is 0 Å². The zero-order chi connectivity index (χ0) is 15.4. The first-order valence-electron chi connectivity index (χ1n) is 6.64. The number of aromatic nitrogens is 2. The van der Waals surface area contributed by atoms with Crippen LogP contribution in [0.1, 0.15) is 34.1 Å². The lowest BCUT2D eigenvalue weighted by molar-refractivity contribution is 0.0956. The number of thiazole rings is 2. The first kappa shape index (κ1) is 15.7. The second-order valence-corrected chi connectivity index (χ2v) is 6.99. The summed E-state index contributed by atoms with van der Waals surface area (Å²) in [4.78, 5) is 22.0. The van der Waals surface area contributed by atoms with Crippen LogP contribution in [0.4, 0.5) is 10.9 Å². The van der Waals surface area contributed by atoms with Crippen molar-refractivity contribution in [2.24, 2.45) is 5.92 Å². The van der Waals surface area contributed by atoms with Gasteiger partial charge in [0, 0.05) is 11.4 Å². The molecule has 0 atom stereocenters. The van der Waals surface area contributed by atoms with Gasteiger partial charge in [0.25, 0.3) is 5.91 Å². The first-order chi connectivity index (χ1) is 9.97. The van der Waals surface area contributed by atoms with Crippen LogP contribution >= 0.6 is 22.7 Å². The van der Waals surface area contributed by atoms with E-state index < -0.39 is 0 Å². The van der Waals surface area contributed by atoms with Crippen LogP contribution < -0.4 is 16.4 Å². The fourth-order valence-corrected chi connectivity index (χ4v) is 3.12. The molecule has 2 rings (SSSR count). The minimum absolute atomic E-state index is 0.199. The molecule has 0 fully saturated rings. The smallest absolute Gasteiger partial charge is 0.265 e. The highest BCUT2D eigenvalue weighted by atomic mass is 32.1. The van der Waals surface area contributed by atoms with Crippen LogP contribution in [0.25, 0.3) is 0 Å². The summed E-state index contributed by atoms with van der Waals surface area (Å²) in [5.74, 6) is 0.571. The minimum Gasteiger partial charge on any atom is -0.382 e. The van der Waals surface area contributed by atoms with Crippen molar-refractivity contribution in [3.8, 4) is 0 Å². The highest BCUT2D eigenvalue weighted by Gasteiger charge is 2.16. The number of nitrogens with one attached hydrogen (secondary N) is 2. The highest BCUT2D eigenvalue weighted by molar-refractivity contribution is 7.18. The molecular formula is C13H19N5OS2. The van der Waals surface area contributed by atoms with E-state index in [1.165, 1.54) is 22.7 Å². The lowest BCUT2D eigenvalue weighted by Gasteiger charge is -2.04. The molecule has 2 heterocycles. The van der Waals surface area contributed by atoms with E-state index in [1.807, 2.05) is 6.92 Å². The molecule has 0 radical (unpaired) electrons. The Labute approximate surface area is 131 Å². The molecule has 4 N–H and O–H groups in total. The van der Waals surface area contributed by atoms with Gasteiger partial charge in [-0.1, -0.05) is 25.2 Å². The Morgan fingerprint density at radius 1 is 1.48 bits per heavy atom. The zero-order valence-corrected chi connectivity index (χ0v) is 13.9. The van der Waals surface area contributed by atoms with Gasteiger partial charge in [-0.15, -0.1) is 11.3 Å². The van der Waals surface area contributed by atoms with Crippen molar-refractivity contribution in [3.05, 3.63) is 21.0 Å². The van der Waals surface area contributed by atoms with E-state index in [0.29, 0.717) is 22.5 Å². The van der Waals surface area contributed by atoms with Gasteiger partial charge in [-0.3, -0.25) is 4.79 Å². The van der Waals surface area contributed by atoms with Crippen molar-refractivity contribution in [3.63, 3.8) is 0 Å². The van der Waals surface area contributed by atoms with Crippen LogP contribution in [0, 0.1) is 12.8 Å². The Morgan fingerprint density at radius 3 is 2.86 bits per heavy atom. The van der Waals surface area contributed by atoms with E-state index in [2.05, 4.69) is 34.4 Å². The summed E-state index contributed by atoms with van der Waals surface area (Å²) in [5, 5.41) is 6.71. The van der Waals surface area contributed by atoms with Gasteiger partial charge in [-0.05, 0) is 12.8 Å². The number of aryl methyl sites for hydroxylation is 1. The van der Waals surface area contributed by atoms with Crippen molar-refractivity contribution >= 4 is 39.5 Å². The third kappa shape index (κ3) is 4.15. The summed E-state index contributed by atoms with van der Waals surface area (Å²) < 4.78 is 0. The maximum absolute atomic E-state index is 12.2. The van der Waals surface area contributed by atoms with Crippen LogP contribution in [0.15, 0.2) is 5.51 Å². The van der Waals surface area contributed by atoms with Gasteiger partial charge in [0.05, 0.1) is 17.7 Å². The fourth-order valence-electron chi connectivity index (χ4n) is 1.60. The SMILES string of the molecule is Cc1ncsc1CNC(=O)c1sc(NCC(C)C)nc1N. The summed E-state index contributed by atoms with van der Waals surface area (Å²) in [6.07, 6.45) is 0. The number of rotatable bonds is 6. The van der Waals surface area contributed by atoms with Crippen molar-refractivity contribution in [2.75, 3.05) is 17.6 Å². The number of hydrogen-bond donors (Lipinski definition) is 3. The van der Waals surface area contributed by atoms with E-state index in [1.54, 1.807) is 5.51 Å². The molecule has 0 aromatic carbocycles. The van der Waals surface area contributed by atoms with E-state index in [-0.39, 0.29) is 11.7 Å². The largest absolute Gasteiger partial charge is 0.382 e. The average Bonchev–Trinajstić information content (AvgIpc) is 3.00. The second kappa shape index (κ2) is 6.86. The molecule has 0 aliphatic heterocycles. The average molecular weight is 325 g/mol. The van der Waals surface area contributed by atoms with Crippen molar-refractivity contribution in [2.45, 2.75) is 27.3 Å². The number of carbonyl (C=O) groups is 1. The molecule has 0 spiro atoms. The summed E-state index contributed by atoms with van der Waals surface area (Å²) >= 11 is 2.81. The molecule has 114 valence electrons. The van der Waals surface area contributed by atoms with Crippen LogP contribution in [-0.4, -0.2) is 22.4 Å². The maximum Gasteiger partial charge on any atom is 0.265 e. The third-order valence-corrected chi connectivity index (χ3v) is 4.74. The van der Waals surface area contributed by atoms with Gasteiger partial charge >= 0.3 is 0 Å². The van der Waals surface area contributed by atoms with E-state index in [0.717, 1.165) is 17.1 Å². The maximum atomic E-state index is 12.2. The zero-order valence-electron chi connectivity index (χ0n) is 12.3. The quantitative estimate of drug-likeness (QED) is 0.759. The van der Waals surface area contributed by atoms with Gasteiger partial charge in [-0.2, -0.15) is 0 Å². The van der Waals surface area contributed by atoms with Gasteiger partial charge in [0.2, 0.25) is 0 Å². The molecule has 0 aliphatic carbocycles. The number of anilines is 2. The standard InChI is InChI=1S/C13H19N5OS2/c1-7(2)4-16-13-18-11(14)10(21-13)12(19)15-5-9-8(3)17-6-20-9/h6-7H,4-5,14H2,1-3H3,(H,15,19)(H,16,18). The van der Waals surface area contributed by atoms with E-state index >= 15 is 0 Å². The van der Waals surface area contributed by atoms with Gasteiger partial charge < -0.3 is 16.4 Å². The van der Waals surface area contributed by atoms with Crippen molar-refractivity contribution < 1.29 is 4.79 Å². The van der Waals surface area contributed by atoms with E-state index in [9.17, 15) is 4.79 Å². The summed E-state index contributed by atoms with van der Waals surface area (Å²) in [7, 11) is 0. The molecule has 6 nitrogen and oxygen atoms in total. The Kier molecular flexibility index (Phi) is 5.13. The molecule has 0 aliphatic rings. The predicted octanol–water partition coefficient (Wildman–Crippen LogP) is 2.49. The number of nitrogens with zero attached hydrogens (tertiary/aromatic N) is 2. The summed E-state index contributed by atoms with van der Waals surface area (Å²) in [6.45, 7) is 7.40. The molecule has 0 unspecified atom stereocenters. The molecule has 21 heavy (non-hydrogen) atoms. The number of nitrogen functional groups attached to an aromatic ring is 1. The predicted molar refractivity (Wildman–Crippen MR) is 87.9 cm³/mol. The monoisotopic (exact) mass is 325 g/mol. The molecule has 8 heteroatoms. The Morgan fingerprint density at radius 2 is 2.24 bits per heavy atom. The molecule has 1 amide bonds. The Bertz CT molecular complexity index is 620. The minimum atomic E-state index is -0.199. The molecule has 2 aromatic rings. The number of nitrogens with two attached hydrogens (primary N) is 1. The fraction of sp³-hybridized carbons (Fsp3) is 0.462. The normalized spacial score (nSPS) is 10.9. The van der Waals surface area contributed by atoms with Gasteiger partial charge in [0.1, 0.15) is 10.7 Å². The van der Waals surface area contributed by atoms with Crippen molar-refractivity contribution in [1.82, 2.24) is 15.3 Å². The number of amides is 1. The van der Waals surface area contributed by atoms with Gasteiger partial charge in [0.15, 0.2) is 5.13 Å². The lowest BCUT2D eigenvalue weighted by atomic mass is 10.2. The molecule has 2 aromatic heterocycles. The van der Waals surface area contributed by atoms with Gasteiger partial charge in [-0.25, -0.2) is 9.97 Å². The Hall–Kier alpha value is -1.67. The van der Waals surface area contributed by atoms with Crippen molar-refractivity contribution in [1.29, 1.82) is 0 Å². The highest BCUT2D eigenvalue weighted by Crippen LogP contribution is 2.25. The van der Waals surface area contributed by atoms with E-state index in [4.69, 9.17) is 5.73 Å². The second-order valence-electron chi connectivity index (χ2n) is 5.05. The van der Waals surface area contributed by atoms with Crippen LogP contribution in [-0.2, 0) is 6.54 Å². The molecule has 0 saturated heterocycles. The van der Waals surface area contributed by atoms with Crippen LogP contribution in [0.5, 0.6) is 0 Å².